The van der Waals surface area contributed by atoms with Gasteiger partial charge >= 0.3 is 0 Å². The molecule has 52 heavy (non-hydrogen) atoms. The van der Waals surface area contributed by atoms with Crippen LogP contribution in [-0.4, -0.2) is 71.2 Å². The van der Waals surface area contributed by atoms with Crippen LogP contribution in [-0.2, 0) is 22.6 Å². The highest BCUT2D eigenvalue weighted by atomic mass is 32.1. The Kier molecular flexibility index (Phi) is 11.9. The molecule has 2 aliphatic rings. The van der Waals surface area contributed by atoms with Crippen molar-refractivity contribution in [1.82, 2.24) is 20.5 Å². The molecule has 13 nitrogen and oxygen atoms in total. The lowest BCUT2D eigenvalue weighted by Crippen LogP contribution is -2.42. The van der Waals surface area contributed by atoms with Gasteiger partial charge in [-0.25, -0.2) is 4.98 Å². The summed E-state index contributed by atoms with van der Waals surface area (Å²) in [5.41, 5.74) is 11.7. The summed E-state index contributed by atoms with van der Waals surface area (Å²) in [6.45, 7) is 1.28. The summed E-state index contributed by atoms with van der Waals surface area (Å²) in [5, 5.41) is 13.2. The van der Waals surface area contributed by atoms with E-state index in [9.17, 15) is 24.0 Å². The average molecular weight is 724 g/mol. The van der Waals surface area contributed by atoms with E-state index in [0.717, 1.165) is 43.4 Å². The van der Waals surface area contributed by atoms with Crippen molar-refractivity contribution >= 4 is 52.2 Å². The third kappa shape index (κ3) is 9.80. The Bertz CT molecular complexity index is 1910. The van der Waals surface area contributed by atoms with Gasteiger partial charge in [-0.05, 0) is 86.2 Å². The van der Waals surface area contributed by atoms with Gasteiger partial charge in [-0.15, -0.1) is 11.3 Å². The number of anilines is 2. The normalized spacial score (nSPS) is 13.9. The molecule has 6 rings (SSSR count). The number of benzene rings is 3. The first kappa shape index (κ1) is 36.2. The summed E-state index contributed by atoms with van der Waals surface area (Å²) in [6, 6.07) is 18.4. The lowest BCUT2D eigenvalue weighted by atomic mass is 10.1. The van der Waals surface area contributed by atoms with Crippen molar-refractivity contribution < 1.29 is 28.7 Å². The van der Waals surface area contributed by atoms with Crippen LogP contribution in [0.15, 0.2) is 77.6 Å². The molecule has 1 aliphatic carbocycles. The highest BCUT2D eigenvalue weighted by Gasteiger charge is 2.33. The van der Waals surface area contributed by atoms with Crippen molar-refractivity contribution in [1.29, 1.82) is 0 Å². The number of ether oxygens (including phenoxy) is 1. The number of hydrogen-bond acceptors (Lipinski definition) is 9. The van der Waals surface area contributed by atoms with E-state index in [0.29, 0.717) is 59.9 Å². The van der Waals surface area contributed by atoms with Crippen LogP contribution in [0.5, 0.6) is 5.75 Å². The minimum absolute atomic E-state index is 0.0874. The number of fused-ring (bicyclic) bond motifs is 1. The van der Waals surface area contributed by atoms with Gasteiger partial charge in [0.1, 0.15) is 5.75 Å². The number of aromatic nitrogens is 1. The van der Waals surface area contributed by atoms with Crippen LogP contribution >= 0.6 is 11.3 Å². The maximum absolute atomic E-state index is 13.5. The predicted octanol–water partition coefficient (Wildman–Crippen LogP) is 4.12. The molecule has 270 valence electrons. The molecular weight excluding hydrogens is 683 g/mol. The molecular formula is C38H41N7O6S. The number of unbranched alkanes of at least 4 members (excludes halogenated alkanes) is 2. The van der Waals surface area contributed by atoms with Gasteiger partial charge in [-0.1, -0.05) is 18.2 Å². The molecule has 5 amide bonds. The number of carbonyl (C=O) groups is 5. The van der Waals surface area contributed by atoms with Crippen LogP contribution in [0.3, 0.4) is 0 Å². The summed E-state index contributed by atoms with van der Waals surface area (Å²) in [5.74, 6) is -0.652. The summed E-state index contributed by atoms with van der Waals surface area (Å²) in [4.78, 5) is 69.1. The second-order valence-corrected chi connectivity index (χ2v) is 13.6. The summed E-state index contributed by atoms with van der Waals surface area (Å²) < 4.78 is 5.49. The molecule has 4 aromatic rings. The van der Waals surface area contributed by atoms with E-state index >= 15 is 0 Å². The quantitative estimate of drug-likeness (QED) is 0.107. The Labute approximate surface area is 305 Å². The molecule has 1 fully saturated rings. The first-order valence-electron chi connectivity index (χ1n) is 17.3. The zero-order chi connectivity index (χ0) is 36.5. The number of carbonyl (C=O) groups excluding carboxylic acids is 5. The number of thiazole rings is 1. The molecule has 3 aromatic carbocycles. The lowest BCUT2D eigenvalue weighted by Gasteiger charge is -2.24. The molecule has 0 unspecified atom stereocenters. The predicted molar refractivity (Wildman–Crippen MR) is 197 cm³/mol. The van der Waals surface area contributed by atoms with Crippen LogP contribution in [0.25, 0.3) is 0 Å². The summed E-state index contributed by atoms with van der Waals surface area (Å²) in [6.07, 6.45) is 4.58. The maximum Gasteiger partial charge on any atom is 0.262 e. The molecule has 6 N–H and O–H groups in total. The minimum Gasteiger partial charge on any atom is -0.482 e. The van der Waals surface area contributed by atoms with Gasteiger partial charge in [0.2, 0.25) is 5.91 Å². The molecule has 0 saturated heterocycles. The third-order valence-electron chi connectivity index (χ3n) is 8.75. The number of rotatable bonds is 16. The minimum atomic E-state index is -0.632. The SMILES string of the molecule is N[C@@H](Cc1cscn1)C(=O)NCCCCCNC(=O)c1cccc(NC(=O)c2ccc(CN(C(=O)c3ccc4c(c3)OCC(=O)N4)C3CC3)cc2)c1. The molecule has 0 spiro atoms. The molecule has 0 bridgehead atoms. The van der Waals surface area contributed by atoms with E-state index in [1.807, 2.05) is 22.4 Å². The molecule has 2 heterocycles. The average Bonchev–Trinajstić information content (AvgIpc) is 3.87. The Balaban J connectivity index is 0.930. The highest BCUT2D eigenvalue weighted by molar-refractivity contribution is 7.07. The number of nitrogens with two attached hydrogens (primary N) is 1. The largest absolute Gasteiger partial charge is 0.482 e. The van der Waals surface area contributed by atoms with Crippen LogP contribution < -0.4 is 31.7 Å². The Morgan fingerprint density at radius 2 is 1.69 bits per heavy atom. The van der Waals surface area contributed by atoms with Gasteiger partial charge in [-0.2, -0.15) is 0 Å². The molecule has 0 radical (unpaired) electrons. The fourth-order valence-electron chi connectivity index (χ4n) is 5.76. The van der Waals surface area contributed by atoms with Gasteiger partial charge in [-0.3, -0.25) is 24.0 Å². The standard InChI is InChI=1S/C38H41N7O6S/c39-31(19-29-22-52-23-42-29)37(49)41-16-3-1-2-15-40-35(47)26-5-4-6-28(17-26)43-36(48)25-9-7-24(8-10-25)20-45(30-12-13-30)38(50)27-11-14-32-33(18-27)51-21-34(46)44-32/h4-11,14,17-18,22-23,30-31H,1-3,12-13,15-16,19-21,39H2,(H,40,47)(H,41,49)(H,43,48)(H,44,46)/t31-/m0/s1. The number of nitrogens with zero attached hydrogens (tertiary/aromatic N) is 2. The lowest BCUT2D eigenvalue weighted by molar-refractivity contribution is -0.122. The van der Waals surface area contributed by atoms with Gasteiger partial charge in [0.25, 0.3) is 23.6 Å². The maximum atomic E-state index is 13.5. The zero-order valence-corrected chi connectivity index (χ0v) is 29.4. The molecule has 1 aliphatic heterocycles. The van der Waals surface area contributed by atoms with E-state index in [1.165, 1.54) is 11.3 Å². The van der Waals surface area contributed by atoms with Crippen LogP contribution in [0.1, 0.15) is 74.4 Å². The Morgan fingerprint density at radius 3 is 2.44 bits per heavy atom. The van der Waals surface area contributed by atoms with Crippen LogP contribution in [0.2, 0.25) is 0 Å². The Hall–Kier alpha value is -5.60. The van der Waals surface area contributed by atoms with Gasteiger partial charge in [0, 0.05) is 59.9 Å². The third-order valence-corrected chi connectivity index (χ3v) is 9.38. The monoisotopic (exact) mass is 723 g/mol. The van der Waals surface area contributed by atoms with Crippen molar-refractivity contribution in [2.45, 2.75) is 57.2 Å². The van der Waals surface area contributed by atoms with Gasteiger partial charge in [0.05, 0.1) is 22.9 Å². The van der Waals surface area contributed by atoms with Gasteiger partial charge < -0.3 is 36.6 Å². The first-order valence-corrected chi connectivity index (χ1v) is 18.2. The van der Waals surface area contributed by atoms with E-state index in [-0.39, 0.29) is 42.2 Å². The van der Waals surface area contributed by atoms with E-state index in [2.05, 4.69) is 26.3 Å². The van der Waals surface area contributed by atoms with Crippen molar-refractivity contribution in [2.24, 2.45) is 5.73 Å². The number of amides is 5. The van der Waals surface area contributed by atoms with Crippen molar-refractivity contribution in [3.05, 3.63) is 106 Å². The van der Waals surface area contributed by atoms with E-state index in [4.69, 9.17) is 10.5 Å². The van der Waals surface area contributed by atoms with Crippen molar-refractivity contribution in [3.63, 3.8) is 0 Å². The molecule has 1 saturated carbocycles. The molecule has 1 atom stereocenters. The fourth-order valence-corrected chi connectivity index (χ4v) is 6.33. The van der Waals surface area contributed by atoms with Gasteiger partial charge in [0.15, 0.2) is 6.61 Å². The molecule has 1 aromatic heterocycles. The smallest absolute Gasteiger partial charge is 0.262 e. The van der Waals surface area contributed by atoms with Crippen molar-refractivity contribution in [2.75, 3.05) is 30.3 Å². The second kappa shape index (κ2) is 17.1. The number of nitrogens with one attached hydrogen (secondary N) is 4. The van der Waals surface area contributed by atoms with Crippen LogP contribution in [0.4, 0.5) is 11.4 Å². The topological polar surface area (TPSA) is 185 Å². The molecule has 14 heteroatoms. The summed E-state index contributed by atoms with van der Waals surface area (Å²) >= 11 is 1.47. The second-order valence-electron chi connectivity index (χ2n) is 12.8. The van der Waals surface area contributed by atoms with Crippen LogP contribution in [0, 0.1) is 0 Å². The highest BCUT2D eigenvalue weighted by Crippen LogP contribution is 2.33. The fraction of sp³-hybridized carbons (Fsp3) is 0.316. The number of hydrogen-bond donors (Lipinski definition) is 5. The summed E-state index contributed by atoms with van der Waals surface area (Å²) in [7, 11) is 0. The first-order chi connectivity index (χ1) is 25.2. The van der Waals surface area contributed by atoms with Crippen molar-refractivity contribution in [3.8, 4) is 5.75 Å². The van der Waals surface area contributed by atoms with E-state index < -0.39 is 6.04 Å². The Morgan fingerprint density at radius 1 is 0.923 bits per heavy atom. The zero-order valence-electron chi connectivity index (χ0n) is 28.6. The van der Waals surface area contributed by atoms with E-state index in [1.54, 1.807) is 60.1 Å².